The molecule has 0 radical (unpaired) electrons. The Labute approximate surface area is 150 Å². The molecule has 1 amide bonds. The number of para-hydroxylation sites is 1. The minimum absolute atomic E-state index is 0.123. The zero-order valence-corrected chi connectivity index (χ0v) is 15.3. The second kappa shape index (κ2) is 7.75. The van der Waals surface area contributed by atoms with Gasteiger partial charge < -0.3 is 10.6 Å². The number of carbonyl (C=O) groups excluding carboxylic acids is 1. The Morgan fingerprint density at radius 2 is 1.92 bits per heavy atom. The third-order valence-corrected chi connectivity index (χ3v) is 4.84. The molecule has 0 saturated heterocycles. The van der Waals surface area contributed by atoms with E-state index in [1.54, 1.807) is 13.0 Å². The van der Waals surface area contributed by atoms with Crippen LogP contribution in [0.25, 0.3) is 0 Å². The Kier molecular flexibility index (Phi) is 5.45. The SMILES string of the molecule is Cc1nc(Nc2ccccc2Br)cc(C(=O)NC2CCCCC2)n1. The van der Waals surface area contributed by atoms with Gasteiger partial charge in [-0.15, -0.1) is 0 Å². The molecule has 1 aromatic heterocycles. The lowest BCUT2D eigenvalue weighted by Gasteiger charge is -2.22. The summed E-state index contributed by atoms with van der Waals surface area (Å²) < 4.78 is 0.939. The molecule has 0 atom stereocenters. The van der Waals surface area contributed by atoms with E-state index in [4.69, 9.17) is 0 Å². The number of nitrogens with one attached hydrogen (secondary N) is 2. The number of aryl methyl sites for hydroxylation is 1. The predicted molar refractivity (Wildman–Crippen MR) is 98.5 cm³/mol. The van der Waals surface area contributed by atoms with Crippen LogP contribution in [0.4, 0.5) is 11.5 Å². The first-order valence-corrected chi connectivity index (χ1v) is 9.09. The van der Waals surface area contributed by atoms with E-state index in [9.17, 15) is 4.79 Å². The molecule has 1 heterocycles. The number of rotatable bonds is 4. The molecule has 1 aromatic carbocycles. The summed E-state index contributed by atoms with van der Waals surface area (Å²) in [6.45, 7) is 1.79. The molecule has 0 spiro atoms. The summed E-state index contributed by atoms with van der Waals surface area (Å²) in [5.41, 5.74) is 1.30. The monoisotopic (exact) mass is 388 g/mol. The Morgan fingerprint density at radius 3 is 2.67 bits per heavy atom. The Morgan fingerprint density at radius 1 is 1.17 bits per heavy atom. The van der Waals surface area contributed by atoms with E-state index in [0.29, 0.717) is 17.3 Å². The Balaban J connectivity index is 1.75. The van der Waals surface area contributed by atoms with Gasteiger partial charge in [0.2, 0.25) is 0 Å². The molecule has 0 unspecified atom stereocenters. The van der Waals surface area contributed by atoms with Gasteiger partial charge in [-0.25, -0.2) is 9.97 Å². The van der Waals surface area contributed by atoms with Gasteiger partial charge >= 0.3 is 0 Å². The molecule has 1 aliphatic rings. The first-order chi connectivity index (χ1) is 11.6. The number of aromatic nitrogens is 2. The average molecular weight is 389 g/mol. The summed E-state index contributed by atoms with van der Waals surface area (Å²) in [5.74, 6) is 1.06. The second-order valence-corrected chi connectivity index (χ2v) is 6.95. The van der Waals surface area contributed by atoms with Gasteiger partial charge in [-0.2, -0.15) is 0 Å². The first kappa shape index (κ1) is 16.9. The van der Waals surface area contributed by atoms with Crippen molar-refractivity contribution in [1.29, 1.82) is 0 Å². The zero-order chi connectivity index (χ0) is 16.9. The van der Waals surface area contributed by atoms with Crippen LogP contribution in [-0.2, 0) is 0 Å². The van der Waals surface area contributed by atoms with Crippen LogP contribution >= 0.6 is 15.9 Å². The number of amides is 1. The van der Waals surface area contributed by atoms with Crippen molar-refractivity contribution < 1.29 is 4.79 Å². The van der Waals surface area contributed by atoms with Crippen LogP contribution in [0.2, 0.25) is 0 Å². The van der Waals surface area contributed by atoms with Gasteiger partial charge in [-0.3, -0.25) is 4.79 Å². The van der Waals surface area contributed by atoms with Gasteiger partial charge in [0.15, 0.2) is 0 Å². The van der Waals surface area contributed by atoms with Gasteiger partial charge in [-0.05, 0) is 47.8 Å². The van der Waals surface area contributed by atoms with Crippen molar-refractivity contribution in [3.63, 3.8) is 0 Å². The fourth-order valence-corrected chi connectivity index (χ4v) is 3.34. The minimum atomic E-state index is -0.123. The van der Waals surface area contributed by atoms with E-state index in [0.717, 1.165) is 23.0 Å². The molecule has 0 bridgehead atoms. The lowest BCUT2D eigenvalue weighted by atomic mass is 9.95. The van der Waals surface area contributed by atoms with Crippen LogP contribution in [0.5, 0.6) is 0 Å². The summed E-state index contributed by atoms with van der Waals surface area (Å²) in [6.07, 6.45) is 5.74. The summed E-state index contributed by atoms with van der Waals surface area (Å²) in [5, 5.41) is 6.33. The zero-order valence-electron chi connectivity index (χ0n) is 13.7. The molecule has 6 heteroatoms. The number of anilines is 2. The quantitative estimate of drug-likeness (QED) is 0.816. The summed E-state index contributed by atoms with van der Waals surface area (Å²) in [7, 11) is 0. The molecule has 5 nitrogen and oxygen atoms in total. The van der Waals surface area contributed by atoms with Crippen molar-refractivity contribution in [2.24, 2.45) is 0 Å². The molecule has 24 heavy (non-hydrogen) atoms. The molecule has 0 aliphatic heterocycles. The van der Waals surface area contributed by atoms with Crippen molar-refractivity contribution in [3.05, 3.63) is 46.3 Å². The van der Waals surface area contributed by atoms with Crippen LogP contribution in [0.15, 0.2) is 34.8 Å². The number of halogens is 1. The Hall–Kier alpha value is -1.95. The second-order valence-electron chi connectivity index (χ2n) is 6.10. The van der Waals surface area contributed by atoms with Crippen molar-refractivity contribution in [1.82, 2.24) is 15.3 Å². The van der Waals surface area contributed by atoms with Gasteiger partial charge in [0.25, 0.3) is 5.91 Å². The maximum atomic E-state index is 12.5. The molecular weight excluding hydrogens is 368 g/mol. The highest BCUT2D eigenvalue weighted by molar-refractivity contribution is 9.10. The standard InChI is InChI=1S/C18H21BrN4O/c1-12-20-16(18(24)22-13-7-3-2-4-8-13)11-17(21-12)23-15-10-6-5-9-14(15)19/h5-6,9-11,13H,2-4,7-8H2,1H3,(H,22,24)(H,20,21,23). The van der Waals surface area contributed by atoms with Crippen molar-refractivity contribution >= 4 is 33.3 Å². The largest absolute Gasteiger partial charge is 0.348 e. The van der Waals surface area contributed by atoms with Gasteiger partial charge in [0.1, 0.15) is 17.3 Å². The van der Waals surface area contributed by atoms with Gasteiger partial charge in [0.05, 0.1) is 5.69 Å². The highest BCUT2D eigenvalue weighted by atomic mass is 79.9. The highest BCUT2D eigenvalue weighted by Crippen LogP contribution is 2.25. The van der Waals surface area contributed by atoms with E-state index < -0.39 is 0 Å². The van der Waals surface area contributed by atoms with Crippen molar-refractivity contribution in [3.8, 4) is 0 Å². The third-order valence-electron chi connectivity index (χ3n) is 4.15. The van der Waals surface area contributed by atoms with Crippen LogP contribution in [0, 0.1) is 6.92 Å². The van der Waals surface area contributed by atoms with Crippen molar-refractivity contribution in [2.45, 2.75) is 45.1 Å². The molecule has 3 rings (SSSR count). The number of benzene rings is 1. The first-order valence-electron chi connectivity index (χ1n) is 8.30. The Bertz CT molecular complexity index is 729. The van der Waals surface area contributed by atoms with Gasteiger partial charge in [-0.1, -0.05) is 31.4 Å². The fraction of sp³-hybridized carbons (Fsp3) is 0.389. The lowest BCUT2D eigenvalue weighted by molar-refractivity contribution is 0.0922. The summed E-state index contributed by atoms with van der Waals surface area (Å²) in [6, 6.07) is 9.75. The maximum absolute atomic E-state index is 12.5. The van der Waals surface area contributed by atoms with E-state index in [-0.39, 0.29) is 11.9 Å². The average Bonchev–Trinajstić information content (AvgIpc) is 2.57. The highest BCUT2D eigenvalue weighted by Gasteiger charge is 2.18. The summed E-state index contributed by atoms with van der Waals surface area (Å²) in [4.78, 5) is 21.2. The van der Waals surface area contributed by atoms with E-state index in [1.165, 1.54) is 19.3 Å². The third kappa shape index (κ3) is 4.32. The molecular formula is C18H21BrN4O. The molecule has 2 aromatic rings. The smallest absolute Gasteiger partial charge is 0.270 e. The predicted octanol–water partition coefficient (Wildman–Crippen LogP) is 4.35. The molecule has 1 aliphatic carbocycles. The van der Waals surface area contributed by atoms with Crippen molar-refractivity contribution in [2.75, 3.05) is 5.32 Å². The normalized spacial score (nSPS) is 15.1. The van der Waals surface area contributed by atoms with Crippen LogP contribution in [0.1, 0.15) is 48.4 Å². The van der Waals surface area contributed by atoms with E-state index >= 15 is 0 Å². The maximum Gasteiger partial charge on any atom is 0.270 e. The molecule has 1 fully saturated rings. The minimum Gasteiger partial charge on any atom is -0.348 e. The molecule has 126 valence electrons. The fourth-order valence-electron chi connectivity index (χ4n) is 2.95. The topological polar surface area (TPSA) is 66.9 Å². The van der Waals surface area contributed by atoms with Crippen LogP contribution in [0.3, 0.4) is 0 Å². The number of hydrogen-bond acceptors (Lipinski definition) is 4. The summed E-state index contributed by atoms with van der Waals surface area (Å²) >= 11 is 3.50. The lowest BCUT2D eigenvalue weighted by Crippen LogP contribution is -2.36. The van der Waals surface area contributed by atoms with Crippen LogP contribution < -0.4 is 10.6 Å². The van der Waals surface area contributed by atoms with Crippen LogP contribution in [-0.4, -0.2) is 21.9 Å². The molecule has 2 N–H and O–H groups in total. The number of carbonyl (C=O) groups is 1. The van der Waals surface area contributed by atoms with E-state index in [2.05, 4.69) is 36.5 Å². The number of nitrogens with zero attached hydrogens (tertiary/aromatic N) is 2. The van der Waals surface area contributed by atoms with E-state index in [1.807, 2.05) is 24.3 Å². The number of hydrogen-bond donors (Lipinski definition) is 2. The molecule has 1 saturated carbocycles. The van der Waals surface area contributed by atoms with Gasteiger partial charge in [0, 0.05) is 16.6 Å².